The van der Waals surface area contributed by atoms with Gasteiger partial charge in [-0.3, -0.25) is 4.79 Å². The summed E-state index contributed by atoms with van der Waals surface area (Å²) in [5.41, 5.74) is 6.79. The summed E-state index contributed by atoms with van der Waals surface area (Å²) in [5, 5.41) is 12.5. The topological polar surface area (TPSA) is 67.2 Å². The van der Waals surface area contributed by atoms with E-state index in [4.69, 9.17) is 0 Å². The molecule has 29 heavy (non-hydrogen) atoms. The van der Waals surface area contributed by atoms with Gasteiger partial charge in [-0.05, 0) is 37.1 Å². The molecule has 0 saturated carbocycles. The Bertz CT molecular complexity index is 1000. The molecule has 0 aliphatic carbocycles. The standard InChI is InChI=1S/C20H19BrN4OS3/c1-13-6-8-15(9-7-13)11-27-19-24-25-20(29-19)28-12-18(26)23-22-14(2)16-4-3-5-17(21)10-16/h3-10H,11-12H2,1-2H3,(H,23,26). The number of benzene rings is 2. The molecule has 0 atom stereocenters. The summed E-state index contributed by atoms with van der Waals surface area (Å²) in [6, 6.07) is 16.2. The Morgan fingerprint density at radius 3 is 2.59 bits per heavy atom. The largest absolute Gasteiger partial charge is 0.272 e. The number of nitrogens with one attached hydrogen (secondary N) is 1. The van der Waals surface area contributed by atoms with Crippen molar-refractivity contribution < 1.29 is 4.79 Å². The lowest BCUT2D eigenvalue weighted by molar-refractivity contribution is -0.118. The van der Waals surface area contributed by atoms with Gasteiger partial charge in [0.15, 0.2) is 8.68 Å². The van der Waals surface area contributed by atoms with Crippen molar-refractivity contribution in [2.75, 3.05) is 5.75 Å². The van der Waals surface area contributed by atoms with Crippen molar-refractivity contribution in [3.8, 4) is 0 Å². The van der Waals surface area contributed by atoms with Crippen molar-refractivity contribution in [2.45, 2.75) is 28.3 Å². The van der Waals surface area contributed by atoms with Crippen LogP contribution in [0, 0.1) is 6.92 Å². The molecule has 0 saturated heterocycles. The summed E-state index contributed by atoms with van der Waals surface area (Å²) in [6.45, 7) is 3.94. The number of carbonyl (C=O) groups is 1. The van der Waals surface area contributed by atoms with E-state index in [0.717, 1.165) is 30.2 Å². The molecular weight excluding hydrogens is 488 g/mol. The molecule has 0 aliphatic rings. The molecule has 2 aromatic carbocycles. The number of carbonyl (C=O) groups excluding carboxylic acids is 1. The highest BCUT2D eigenvalue weighted by Gasteiger charge is 2.09. The van der Waals surface area contributed by atoms with Crippen LogP contribution in [0.3, 0.4) is 0 Å². The minimum absolute atomic E-state index is 0.173. The average Bonchev–Trinajstić information content (AvgIpc) is 3.18. The van der Waals surface area contributed by atoms with Crippen LogP contribution in [0.5, 0.6) is 0 Å². The SMILES string of the molecule is CC(=NNC(=O)CSc1nnc(SCc2ccc(C)cc2)s1)c1cccc(Br)c1. The zero-order valence-electron chi connectivity index (χ0n) is 15.9. The highest BCUT2D eigenvalue weighted by molar-refractivity contribution is 9.10. The first kappa shape index (κ1) is 22.0. The summed E-state index contributed by atoms with van der Waals surface area (Å²) in [4.78, 5) is 12.1. The Labute approximate surface area is 190 Å². The Balaban J connectivity index is 1.44. The zero-order chi connectivity index (χ0) is 20.6. The maximum absolute atomic E-state index is 12.1. The van der Waals surface area contributed by atoms with Gasteiger partial charge < -0.3 is 0 Å². The van der Waals surface area contributed by atoms with Crippen molar-refractivity contribution >= 4 is 62.4 Å². The Kier molecular flexibility index (Phi) is 8.29. The number of nitrogens with zero attached hydrogens (tertiary/aromatic N) is 3. The van der Waals surface area contributed by atoms with Gasteiger partial charge in [-0.2, -0.15) is 5.10 Å². The fraction of sp³-hybridized carbons (Fsp3) is 0.200. The molecule has 1 aromatic heterocycles. The maximum Gasteiger partial charge on any atom is 0.250 e. The van der Waals surface area contributed by atoms with E-state index in [1.54, 1.807) is 11.8 Å². The third kappa shape index (κ3) is 7.26. The summed E-state index contributed by atoms with van der Waals surface area (Å²) in [6.07, 6.45) is 0. The molecule has 0 aliphatic heterocycles. The van der Waals surface area contributed by atoms with Gasteiger partial charge >= 0.3 is 0 Å². The predicted molar refractivity (Wildman–Crippen MR) is 126 cm³/mol. The van der Waals surface area contributed by atoms with Gasteiger partial charge in [0.25, 0.3) is 5.91 Å². The number of rotatable bonds is 8. The van der Waals surface area contributed by atoms with E-state index in [2.05, 4.69) is 67.8 Å². The van der Waals surface area contributed by atoms with Crippen LogP contribution in [0.25, 0.3) is 0 Å². The maximum atomic E-state index is 12.1. The molecule has 1 N–H and O–H groups in total. The van der Waals surface area contributed by atoms with Crippen LogP contribution >= 0.6 is 50.8 Å². The summed E-state index contributed by atoms with van der Waals surface area (Å²) in [5.74, 6) is 0.921. The second kappa shape index (κ2) is 10.9. The van der Waals surface area contributed by atoms with Crippen molar-refractivity contribution in [1.82, 2.24) is 15.6 Å². The lowest BCUT2D eigenvalue weighted by atomic mass is 10.1. The van der Waals surface area contributed by atoms with E-state index < -0.39 is 0 Å². The van der Waals surface area contributed by atoms with Crippen LogP contribution in [0.4, 0.5) is 0 Å². The van der Waals surface area contributed by atoms with E-state index in [-0.39, 0.29) is 11.7 Å². The van der Waals surface area contributed by atoms with Crippen LogP contribution in [0.15, 0.2) is 66.8 Å². The van der Waals surface area contributed by atoms with E-state index in [1.807, 2.05) is 31.2 Å². The smallest absolute Gasteiger partial charge is 0.250 e. The van der Waals surface area contributed by atoms with E-state index in [0.29, 0.717) is 0 Å². The van der Waals surface area contributed by atoms with Gasteiger partial charge in [0.2, 0.25) is 0 Å². The summed E-state index contributed by atoms with van der Waals surface area (Å²) in [7, 11) is 0. The van der Waals surface area contributed by atoms with E-state index in [1.165, 1.54) is 34.2 Å². The highest BCUT2D eigenvalue weighted by atomic mass is 79.9. The lowest BCUT2D eigenvalue weighted by Gasteiger charge is -2.03. The minimum atomic E-state index is -0.173. The van der Waals surface area contributed by atoms with Crippen molar-refractivity contribution in [2.24, 2.45) is 5.10 Å². The molecule has 3 rings (SSSR count). The fourth-order valence-electron chi connectivity index (χ4n) is 2.23. The monoisotopic (exact) mass is 506 g/mol. The van der Waals surface area contributed by atoms with Crippen LogP contribution in [-0.4, -0.2) is 27.6 Å². The van der Waals surface area contributed by atoms with Gasteiger partial charge in [0.1, 0.15) is 0 Å². The lowest BCUT2D eigenvalue weighted by Crippen LogP contribution is -2.21. The van der Waals surface area contributed by atoms with Crippen LogP contribution < -0.4 is 5.43 Å². The molecule has 0 unspecified atom stereocenters. The molecule has 150 valence electrons. The van der Waals surface area contributed by atoms with Crippen molar-refractivity contribution in [1.29, 1.82) is 0 Å². The average molecular weight is 508 g/mol. The van der Waals surface area contributed by atoms with Crippen LogP contribution in [-0.2, 0) is 10.5 Å². The number of amides is 1. The normalized spacial score (nSPS) is 11.5. The Morgan fingerprint density at radius 1 is 1.14 bits per heavy atom. The van der Waals surface area contributed by atoms with E-state index in [9.17, 15) is 4.79 Å². The molecule has 1 amide bonds. The molecule has 5 nitrogen and oxygen atoms in total. The molecular formula is C20H19BrN4OS3. The molecule has 0 fully saturated rings. The second-order valence-corrected chi connectivity index (χ2v) is 10.5. The van der Waals surface area contributed by atoms with Gasteiger partial charge in [-0.25, -0.2) is 5.43 Å². The minimum Gasteiger partial charge on any atom is -0.272 e. The first-order chi connectivity index (χ1) is 14.0. The fourth-order valence-corrected chi connectivity index (χ4v) is 5.39. The Hall–Kier alpha value is -1.68. The summed E-state index contributed by atoms with van der Waals surface area (Å²) >= 11 is 7.95. The molecule has 0 spiro atoms. The first-order valence-corrected chi connectivity index (χ1v) is 12.3. The zero-order valence-corrected chi connectivity index (χ0v) is 19.9. The van der Waals surface area contributed by atoms with E-state index >= 15 is 0 Å². The second-order valence-electron chi connectivity index (χ2n) is 6.14. The first-order valence-electron chi connectivity index (χ1n) is 8.73. The van der Waals surface area contributed by atoms with Gasteiger partial charge in [-0.15, -0.1) is 10.2 Å². The summed E-state index contributed by atoms with van der Waals surface area (Å²) < 4.78 is 2.65. The van der Waals surface area contributed by atoms with Crippen LogP contribution in [0.2, 0.25) is 0 Å². The quantitative estimate of drug-likeness (QED) is 0.247. The number of aryl methyl sites for hydroxylation is 1. The van der Waals surface area contributed by atoms with Crippen molar-refractivity contribution in [3.63, 3.8) is 0 Å². The van der Waals surface area contributed by atoms with Gasteiger partial charge in [-0.1, -0.05) is 92.8 Å². The predicted octanol–water partition coefficient (Wildman–Crippen LogP) is 5.53. The molecule has 1 heterocycles. The van der Waals surface area contributed by atoms with Crippen molar-refractivity contribution in [3.05, 3.63) is 69.7 Å². The number of hydrogen-bond donors (Lipinski definition) is 1. The molecule has 3 aromatic rings. The van der Waals surface area contributed by atoms with Crippen LogP contribution in [0.1, 0.15) is 23.6 Å². The number of hydrogen-bond acceptors (Lipinski definition) is 7. The van der Waals surface area contributed by atoms with Gasteiger partial charge in [0, 0.05) is 10.2 Å². The third-order valence-electron chi connectivity index (χ3n) is 3.79. The number of aromatic nitrogens is 2. The Morgan fingerprint density at radius 2 is 1.86 bits per heavy atom. The van der Waals surface area contributed by atoms with Gasteiger partial charge in [0.05, 0.1) is 11.5 Å². The molecule has 0 bridgehead atoms. The number of thioether (sulfide) groups is 2. The molecule has 9 heteroatoms. The molecule has 0 radical (unpaired) electrons. The number of hydrazone groups is 1. The number of halogens is 1. The highest BCUT2D eigenvalue weighted by Crippen LogP contribution is 2.30. The third-order valence-corrected chi connectivity index (χ3v) is 7.54.